The molecule has 0 spiro atoms. The Balaban J connectivity index is 1.69. The molecule has 2 aromatic rings. The molecular formula is C14H15N3O3S. The number of nitrogens with one attached hydrogen (secondary N) is 2. The molecule has 2 rings (SSSR count). The fourth-order valence-electron chi connectivity index (χ4n) is 1.66. The van der Waals surface area contributed by atoms with Crippen LogP contribution < -0.4 is 10.6 Å². The molecule has 0 aromatic carbocycles. The molecule has 0 fully saturated rings. The predicted octanol–water partition coefficient (Wildman–Crippen LogP) is 1.88. The van der Waals surface area contributed by atoms with Crippen LogP contribution >= 0.6 is 11.3 Å². The van der Waals surface area contributed by atoms with Crippen molar-refractivity contribution in [2.75, 3.05) is 6.54 Å². The number of pyridine rings is 1. The van der Waals surface area contributed by atoms with Crippen LogP contribution in [-0.2, 0) is 13.0 Å². The van der Waals surface area contributed by atoms with Crippen LogP contribution in [0.2, 0.25) is 0 Å². The zero-order chi connectivity index (χ0) is 15.1. The Bertz CT molecular complexity index is 596. The minimum absolute atomic E-state index is 0.0148. The fraction of sp³-hybridized carbons (Fsp3) is 0.214. The summed E-state index contributed by atoms with van der Waals surface area (Å²) in [6.45, 7) is 0.871. The number of rotatable bonds is 6. The number of aromatic nitrogens is 1. The highest BCUT2D eigenvalue weighted by molar-refractivity contribution is 7.07. The lowest BCUT2D eigenvalue weighted by molar-refractivity contribution is 0.0690. The summed E-state index contributed by atoms with van der Waals surface area (Å²) in [7, 11) is 0. The Morgan fingerprint density at radius 1 is 1.19 bits per heavy atom. The number of hydrogen-bond donors (Lipinski definition) is 3. The van der Waals surface area contributed by atoms with E-state index in [0.29, 0.717) is 13.1 Å². The highest BCUT2D eigenvalue weighted by atomic mass is 32.1. The number of hydrogen-bond acceptors (Lipinski definition) is 4. The van der Waals surface area contributed by atoms with Gasteiger partial charge in [-0.1, -0.05) is 6.07 Å². The van der Waals surface area contributed by atoms with E-state index in [9.17, 15) is 9.59 Å². The molecule has 0 saturated heterocycles. The van der Waals surface area contributed by atoms with Crippen molar-refractivity contribution in [3.63, 3.8) is 0 Å². The Kier molecular flexibility index (Phi) is 5.28. The number of nitrogens with zero attached hydrogens (tertiary/aromatic N) is 1. The highest BCUT2D eigenvalue weighted by Crippen LogP contribution is 2.05. The van der Waals surface area contributed by atoms with Crippen molar-refractivity contribution in [3.05, 3.63) is 52.0 Å². The predicted molar refractivity (Wildman–Crippen MR) is 79.5 cm³/mol. The van der Waals surface area contributed by atoms with E-state index in [0.717, 1.165) is 12.0 Å². The van der Waals surface area contributed by atoms with Crippen LogP contribution in [-0.4, -0.2) is 28.6 Å². The molecule has 0 unspecified atom stereocenters. The molecule has 0 aliphatic rings. The number of aromatic carboxylic acids is 1. The van der Waals surface area contributed by atoms with Gasteiger partial charge in [0.05, 0.1) is 0 Å². The summed E-state index contributed by atoms with van der Waals surface area (Å²) in [5.41, 5.74) is 1.93. The average molecular weight is 305 g/mol. The number of carboxylic acids is 1. The monoisotopic (exact) mass is 305 g/mol. The van der Waals surface area contributed by atoms with Gasteiger partial charge in [0.25, 0.3) is 0 Å². The third kappa shape index (κ3) is 4.88. The molecule has 110 valence electrons. The largest absolute Gasteiger partial charge is 0.477 e. The van der Waals surface area contributed by atoms with Crippen molar-refractivity contribution >= 4 is 23.3 Å². The van der Waals surface area contributed by atoms with Crippen LogP contribution in [0, 0.1) is 0 Å². The van der Waals surface area contributed by atoms with Gasteiger partial charge in [0, 0.05) is 19.3 Å². The maximum atomic E-state index is 11.6. The van der Waals surface area contributed by atoms with Crippen molar-refractivity contribution in [1.82, 2.24) is 15.6 Å². The molecule has 21 heavy (non-hydrogen) atoms. The van der Waals surface area contributed by atoms with Crippen molar-refractivity contribution in [1.29, 1.82) is 0 Å². The van der Waals surface area contributed by atoms with Gasteiger partial charge in [-0.25, -0.2) is 14.6 Å². The lowest BCUT2D eigenvalue weighted by Gasteiger charge is -2.07. The van der Waals surface area contributed by atoms with Gasteiger partial charge in [-0.05, 0) is 40.4 Å². The van der Waals surface area contributed by atoms with E-state index < -0.39 is 5.97 Å². The topological polar surface area (TPSA) is 91.3 Å². The minimum atomic E-state index is -1.07. The van der Waals surface area contributed by atoms with Gasteiger partial charge in [-0.2, -0.15) is 11.3 Å². The Morgan fingerprint density at radius 3 is 2.67 bits per heavy atom. The fourth-order valence-corrected chi connectivity index (χ4v) is 2.36. The molecule has 7 heteroatoms. The van der Waals surface area contributed by atoms with Crippen molar-refractivity contribution < 1.29 is 14.7 Å². The van der Waals surface area contributed by atoms with Crippen LogP contribution in [0.4, 0.5) is 4.79 Å². The summed E-state index contributed by atoms with van der Waals surface area (Å²) in [5, 5.41) is 18.2. The molecule has 0 aliphatic heterocycles. The highest BCUT2D eigenvalue weighted by Gasteiger charge is 2.04. The van der Waals surface area contributed by atoms with E-state index in [1.54, 1.807) is 17.4 Å². The standard InChI is InChI=1S/C14H15N3O3S/c18-13(19)12-2-1-11(7-16-12)8-17-14(20)15-5-3-10-4-6-21-9-10/h1-2,4,6-7,9H,3,5,8H2,(H,18,19)(H2,15,17,20). The summed E-state index contributed by atoms with van der Waals surface area (Å²) in [6, 6.07) is 4.81. The summed E-state index contributed by atoms with van der Waals surface area (Å²) < 4.78 is 0. The lowest BCUT2D eigenvalue weighted by atomic mass is 10.2. The van der Waals surface area contributed by atoms with Gasteiger partial charge in [-0.15, -0.1) is 0 Å². The molecule has 2 heterocycles. The van der Waals surface area contributed by atoms with Crippen LogP contribution in [0.25, 0.3) is 0 Å². The van der Waals surface area contributed by atoms with Crippen molar-refractivity contribution in [2.24, 2.45) is 0 Å². The van der Waals surface area contributed by atoms with Crippen LogP contribution in [0.3, 0.4) is 0 Å². The number of carbonyl (C=O) groups is 2. The van der Waals surface area contributed by atoms with Gasteiger partial charge in [0.1, 0.15) is 5.69 Å². The summed E-state index contributed by atoms with van der Waals surface area (Å²) in [6.07, 6.45) is 2.24. The normalized spacial score (nSPS) is 10.1. The molecule has 0 saturated carbocycles. The van der Waals surface area contributed by atoms with Crippen LogP contribution in [0.15, 0.2) is 35.2 Å². The van der Waals surface area contributed by atoms with E-state index in [1.165, 1.54) is 17.8 Å². The second-order valence-electron chi connectivity index (χ2n) is 4.35. The number of thiophene rings is 1. The molecular weight excluding hydrogens is 290 g/mol. The second-order valence-corrected chi connectivity index (χ2v) is 5.13. The molecule has 2 amide bonds. The third-order valence-electron chi connectivity index (χ3n) is 2.78. The zero-order valence-electron chi connectivity index (χ0n) is 11.2. The average Bonchev–Trinajstić information content (AvgIpc) is 2.99. The summed E-state index contributed by atoms with van der Waals surface area (Å²) in [4.78, 5) is 26.0. The van der Waals surface area contributed by atoms with E-state index in [4.69, 9.17) is 5.11 Å². The maximum absolute atomic E-state index is 11.6. The lowest BCUT2D eigenvalue weighted by Crippen LogP contribution is -2.36. The first-order valence-corrected chi connectivity index (χ1v) is 7.30. The molecule has 0 radical (unpaired) electrons. The first-order chi connectivity index (χ1) is 10.1. The van der Waals surface area contributed by atoms with Gasteiger partial charge in [0.15, 0.2) is 0 Å². The third-order valence-corrected chi connectivity index (χ3v) is 3.51. The number of carbonyl (C=O) groups excluding carboxylic acids is 1. The molecule has 0 aliphatic carbocycles. The van der Waals surface area contributed by atoms with Gasteiger partial charge in [0.2, 0.25) is 0 Å². The van der Waals surface area contributed by atoms with Gasteiger partial charge < -0.3 is 15.7 Å². The number of amides is 2. The van der Waals surface area contributed by atoms with Crippen LogP contribution in [0.1, 0.15) is 21.6 Å². The SMILES string of the molecule is O=C(NCCc1ccsc1)NCc1ccc(C(=O)O)nc1. The first-order valence-electron chi connectivity index (χ1n) is 6.36. The first kappa shape index (κ1) is 15.0. The Hall–Kier alpha value is -2.41. The Morgan fingerprint density at radius 2 is 2.05 bits per heavy atom. The molecule has 6 nitrogen and oxygen atoms in total. The molecule has 3 N–H and O–H groups in total. The minimum Gasteiger partial charge on any atom is -0.477 e. The maximum Gasteiger partial charge on any atom is 0.354 e. The summed E-state index contributed by atoms with van der Waals surface area (Å²) in [5.74, 6) is -1.07. The van der Waals surface area contributed by atoms with Crippen molar-refractivity contribution in [2.45, 2.75) is 13.0 Å². The second kappa shape index (κ2) is 7.39. The van der Waals surface area contributed by atoms with E-state index in [1.807, 2.05) is 11.4 Å². The van der Waals surface area contributed by atoms with Crippen molar-refractivity contribution in [3.8, 4) is 0 Å². The van der Waals surface area contributed by atoms with Gasteiger partial charge in [-0.3, -0.25) is 0 Å². The Labute approximate surface area is 125 Å². The number of carboxylic acid groups (broad SMARTS) is 1. The molecule has 0 bridgehead atoms. The van der Waals surface area contributed by atoms with Gasteiger partial charge >= 0.3 is 12.0 Å². The molecule has 0 atom stereocenters. The zero-order valence-corrected chi connectivity index (χ0v) is 12.0. The summed E-state index contributed by atoms with van der Waals surface area (Å²) >= 11 is 1.63. The number of urea groups is 1. The van der Waals surface area contributed by atoms with Crippen LogP contribution in [0.5, 0.6) is 0 Å². The quantitative estimate of drug-likeness (QED) is 0.760. The van der Waals surface area contributed by atoms with E-state index >= 15 is 0 Å². The smallest absolute Gasteiger partial charge is 0.354 e. The molecule has 2 aromatic heterocycles. The van der Waals surface area contributed by atoms with E-state index in [-0.39, 0.29) is 11.7 Å². The van der Waals surface area contributed by atoms with E-state index in [2.05, 4.69) is 21.0 Å².